The first kappa shape index (κ1) is 7.54. The third kappa shape index (κ3) is 1.14. The van der Waals surface area contributed by atoms with E-state index in [0.29, 0.717) is 0 Å². The summed E-state index contributed by atoms with van der Waals surface area (Å²) >= 11 is 0. The van der Waals surface area contributed by atoms with Crippen molar-refractivity contribution in [3.05, 3.63) is 0 Å². The van der Waals surface area contributed by atoms with Crippen LogP contribution in [0.15, 0.2) is 0 Å². The van der Waals surface area contributed by atoms with E-state index in [-0.39, 0.29) is 11.6 Å². The molecule has 0 bridgehead atoms. The standard InChI is InChI=1S/C7H14N2O/c1-6(2)5(10)8-7(3,4)9-6/h9H,1-4H3,(H,8,10). The summed E-state index contributed by atoms with van der Waals surface area (Å²) in [5.41, 5.74) is -0.663. The van der Waals surface area contributed by atoms with Gasteiger partial charge in [0.25, 0.3) is 0 Å². The van der Waals surface area contributed by atoms with Crippen molar-refractivity contribution >= 4 is 5.91 Å². The molecule has 0 saturated carbocycles. The van der Waals surface area contributed by atoms with Gasteiger partial charge in [-0.15, -0.1) is 0 Å². The number of amides is 1. The molecule has 0 aliphatic carbocycles. The molecule has 1 aliphatic rings. The molecule has 0 aromatic carbocycles. The number of carbonyl (C=O) groups excluding carboxylic acids is 1. The first-order valence-electron chi connectivity index (χ1n) is 3.45. The van der Waals surface area contributed by atoms with Crippen LogP contribution in [0, 0.1) is 0 Å². The maximum Gasteiger partial charge on any atom is 0.241 e. The normalized spacial score (nSPS) is 28.2. The zero-order valence-corrected chi connectivity index (χ0v) is 6.91. The highest BCUT2D eigenvalue weighted by Crippen LogP contribution is 2.16. The Morgan fingerprint density at radius 3 is 1.80 bits per heavy atom. The Bertz CT molecular complexity index is 172. The van der Waals surface area contributed by atoms with Crippen LogP contribution < -0.4 is 10.6 Å². The molecule has 1 heterocycles. The van der Waals surface area contributed by atoms with Gasteiger partial charge in [-0.3, -0.25) is 10.1 Å². The minimum absolute atomic E-state index is 0.0671. The Balaban J connectivity index is 2.81. The van der Waals surface area contributed by atoms with Gasteiger partial charge in [0.05, 0.1) is 11.2 Å². The fraction of sp³-hybridized carbons (Fsp3) is 0.857. The molecule has 0 radical (unpaired) electrons. The van der Waals surface area contributed by atoms with Gasteiger partial charge in [0, 0.05) is 0 Å². The molecule has 58 valence electrons. The lowest BCUT2D eigenvalue weighted by Gasteiger charge is -2.21. The lowest BCUT2D eigenvalue weighted by Crippen LogP contribution is -2.46. The van der Waals surface area contributed by atoms with Crippen molar-refractivity contribution in [3.8, 4) is 0 Å². The third-order valence-electron chi connectivity index (χ3n) is 1.62. The molecule has 0 aromatic rings. The molecule has 1 amide bonds. The van der Waals surface area contributed by atoms with Crippen molar-refractivity contribution in [1.29, 1.82) is 0 Å². The van der Waals surface area contributed by atoms with Gasteiger partial charge in [0.2, 0.25) is 5.91 Å². The lowest BCUT2D eigenvalue weighted by molar-refractivity contribution is -0.123. The summed E-state index contributed by atoms with van der Waals surface area (Å²) in [6, 6.07) is 0. The molecule has 3 heteroatoms. The number of nitrogens with one attached hydrogen (secondary N) is 2. The number of hydrogen-bond acceptors (Lipinski definition) is 2. The molecule has 3 nitrogen and oxygen atoms in total. The Kier molecular flexibility index (Phi) is 1.30. The lowest BCUT2D eigenvalue weighted by atomic mass is 10.1. The monoisotopic (exact) mass is 142 g/mol. The van der Waals surface area contributed by atoms with Crippen LogP contribution in [0.5, 0.6) is 0 Å². The fourth-order valence-corrected chi connectivity index (χ4v) is 1.31. The quantitative estimate of drug-likeness (QED) is 0.508. The Labute approximate surface area is 61.2 Å². The van der Waals surface area contributed by atoms with Crippen LogP contribution in [0.1, 0.15) is 27.7 Å². The van der Waals surface area contributed by atoms with Gasteiger partial charge in [0.1, 0.15) is 0 Å². The summed E-state index contributed by atoms with van der Waals surface area (Å²) in [5.74, 6) is 0.0671. The summed E-state index contributed by atoms with van der Waals surface area (Å²) in [7, 11) is 0. The number of hydrogen-bond donors (Lipinski definition) is 2. The molecule has 0 unspecified atom stereocenters. The molecular weight excluding hydrogens is 128 g/mol. The van der Waals surface area contributed by atoms with Gasteiger partial charge in [-0.2, -0.15) is 0 Å². The van der Waals surface area contributed by atoms with E-state index in [1.807, 2.05) is 27.7 Å². The maximum absolute atomic E-state index is 11.1. The highest BCUT2D eigenvalue weighted by atomic mass is 16.2. The molecule has 0 spiro atoms. The van der Waals surface area contributed by atoms with Crippen molar-refractivity contribution in [2.24, 2.45) is 0 Å². The van der Waals surface area contributed by atoms with Crippen molar-refractivity contribution < 1.29 is 4.79 Å². The third-order valence-corrected chi connectivity index (χ3v) is 1.62. The second-order valence-corrected chi connectivity index (χ2v) is 3.83. The summed E-state index contributed by atoms with van der Waals surface area (Å²) in [6.45, 7) is 7.63. The van der Waals surface area contributed by atoms with Crippen LogP contribution in [0.2, 0.25) is 0 Å². The average Bonchev–Trinajstić information content (AvgIpc) is 1.73. The first-order chi connectivity index (χ1) is 4.33. The SMILES string of the molecule is CC1(C)NC(=O)C(C)(C)N1. The molecule has 1 rings (SSSR count). The van der Waals surface area contributed by atoms with Gasteiger partial charge >= 0.3 is 0 Å². The topological polar surface area (TPSA) is 41.1 Å². The van der Waals surface area contributed by atoms with Crippen molar-refractivity contribution in [3.63, 3.8) is 0 Å². The highest BCUT2D eigenvalue weighted by molar-refractivity contribution is 5.88. The average molecular weight is 142 g/mol. The van der Waals surface area contributed by atoms with Crippen molar-refractivity contribution in [2.45, 2.75) is 38.9 Å². The highest BCUT2D eigenvalue weighted by Gasteiger charge is 2.42. The van der Waals surface area contributed by atoms with Gasteiger partial charge in [-0.05, 0) is 27.7 Å². The van der Waals surface area contributed by atoms with E-state index >= 15 is 0 Å². The van der Waals surface area contributed by atoms with E-state index in [9.17, 15) is 4.79 Å². The minimum Gasteiger partial charge on any atom is -0.337 e. The Hall–Kier alpha value is -0.570. The van der Waals surface area contributed by atoms with Gasteiger partial charge in [0.15, 0.2) is 0 Å². The van der Waals surface area contributed by atoms with Crippen LogP contribution in [0.3, 0.4) is 0 Å². The van der Waals surface area contributed by atoms with E-state index in [1.165, 1.54) is 0 Å². The summed E-state index contributed by atoms with van der Waals surface area (Å²) in [5, 5.41) is 5.99. The summed E-state index contributed by atoms with van der Waals surface area (Å²) in [4.78, 5) is 11.1. The Morgan fingerprint density at radius 2 is 1.70 bits per heavy atom. The van der Waals surface area contributed by atoms with Crippen LogP contribution >= 0.6 is 0 Å². The Morgan fingerprint density at radius 1 is 1.20 bits per heavy atom. The largest absolute Gasteiger partial charge is 0.337 e. The molecule has 1 aliphatic heterocycles. The van der Waals surface area contributed by atoms with E-state index in [4.69, 9.17) is 0 Å². The van der Waals surface area contributed by atoms with E-state index in [2.05, 4.69) is 10.6 Å². The first-order valence-corrected chi connectivity index (χ1v) is 3.45. The zero-order valence-electron chi connectivity index (χ0n) is 6.91. The summed E-state index contributed by atoms with van der Waals surface area (Å²) in [6.07, 6.45) is 0. The van der Waals surface area contributed by atoms with Crippen LogP contribution in [-0.2, 0) is 4.79 Å². The molecule has 1 fully saturated rings. The second-order valence-electron chi connectivity index (χ2n) is 3.83. The van der Waals surface area contributed by atoms with E-state index < -0.39 is 5.54 Å². The van der Waals surface area contributed by atoms with Crippen LogP contribution in [0.25, 0.3) is 0 Å². The number of carbonyl (C=O) groups is 1. The van der Waals surface area contributed by atoms with Crippen LogP contribution in [0.4, 0.5) is 0 Å². The fourth-order valence-electron chi connectivity index (χ4n) is 1.31. The van der Waals surface area contributed by atoms with E-state index in [0.717, 1.165) is 0 Å². The molecular formula is C7H14N2O. The molecule has 10 heavy (non-hydrogen) atoms. The van der Waals surface area contributed by atoms with Crippen molar-refractivity contribution in [1.82, 2.24) is 10.6 Å². The predicted octanol–water partition coefficient (Wildman–Crippen LogP) is 0.220. The molecule has 0 aromatic heterocycles. The number of rotatable bonds is 0. The van der Waals surface area contributed by atoms with Crippen LogP contribution in [-0.4, -0.2) is 17.1 Å². The van der Waals surface area contributed by atoms with E-state index in [1.54, 1.807) is 0 Å². The maximum atomic E-state index is 11.1. The smallest absolute Gasteiger partial charge is 0.241 e. The van der Waals surface area contributed by atoms with Gasteiger partial charge in [-0.1, -0.05) is 0 Å². The molecule has 2 N–H and O–H groups in total. The summed E-state index contributed by atoms with van der Waals surface area (Å²) < 4.78 is 0. The predicted molar refractivity (Wildman–Crippen MR) is 39.4 cm³/mol. The second kappa shape index (κ2) is 1.72. The van der Waals surface area contributed by atoms with Gasteiger partial charge < -0.3 is 5.32 Å². The van der Waals surface area contributed by atoms with Gasteiger partial charge in [-0.25, -0.2) is 0 Å². The molecule has 1 saturated heterocycles. The minimum atomic E-state index is -0.413. The molecule has 0 atom stereocenters. The van der Waals surface area contributed by atoms with Crippen molar-refractivity contribution in [2.75, 3.05) is 0 Å². The zero-order chi connectivity index (χ0) is 7.99.